The first kappa shape index (κ1) is 16.0. The van der Waals surface area contributed by atoms with Gasteiger partial charge in [-0.25, -0.2) is 0 Å². The van der Waals surface area contributed by atoms with Gasteiger partial charge >= 0.3 is 5.97 Å². The number of nitrogens with zero attached hydrogens (tertiary/aromatic N) is 1. The molecule has 1 heterocycles. The molecular formula is C14H25NO4. The zero-order valence-corrected chi connectivity index (χ0v) is 12.2. The van der Waals surface area contributed by atoms with E-state index in [1.807, 2.05) is 25.7 Å². The van der Waals surface area contributed by atoms with Crippen molar-refractivity contribution in [1.29, 1.82) is 0 Å². The lowest BCUT2D eigenvalue weighted by molar-refractivity contribution is -0.151. The van der Waals surface area contributed by atoms with Crippen LogP contribution in [-0.4, -0.2) is 49.2 Å². The number of hydrogen-bond acceptors (Lipinski definition) is 4. The molecule has 0 atom stereocenters. The predicted octanol–water partition coefficient (Wildman–Crippen LogP) is 1.60. The van der Waals surface area contributed by atoms with Gasteiger partial charge in [0.05, 0.1) is 31.7 Å². The van der Waals surface area contributed by atoms with Crippen LogP contribution in [0.2, 0.25) is 0 Å². The van der Waals surface area contributed by atoms with Crippen LogP contribution in [0, 0.1) is 5.92 Å². The van der Waals surface area contributed by atoms with Gasteiger partial charge in [0.25, 0.3) is 0 Å². The Morgan fingerprint density at radius 3 is 2.42 bits per heavy atom. The Labute approximate surface area is 115 Å². The fourth-order valence-electron chi connectivity index (χ4n) is 2.16. The summed E-state index contributed by atoms with van der Waals surface area (Å²) in [7, 11) is 0. The molecule has 5 heteroatoms. The Hall–Kier alpha value is -1.10. The van der Waals surface area contributed by atoms with E-state index >= 15 is 0 Å². The number of amides is 1. The van der Waals surface area contributed by atoms with Crippen LogP contribution in [-0.2, 0) is 19.1 Å². The lowest BCUT2D eigenvalue weighted by Crippen LogP contribution is -2.41. The van der Waals surface area contributed by atoms with Crippen LogP contribution in [0.1, 0.15) is 40.0 Å². The van der Waals surface area contributed by atoms with Crippen molar-refractivity contribution in [1.82, 2.24) is 4.90 Å². The van der Waals surface area contributed by atoms with Crippen molar-refractivity contribution in [3.8, 4) is 0 Å². The van der Waals surface area contributed by atoms with Gasteiger partial charge in [-0.1, -0.05) is 0 Å². The number of rotatable bonds is 6. The maximum atomic E-state index is 11.9. The van der Waals surface area contributed by atoms with Gasteiger partial charge in [0.2, 0.25) is 5.91 Å². The monoisotopic (exact) mass is 271 g/mol. The molecule has 0 bridgehead atoms. The lowest BCUT2D eigenvalue weighted by atomic mass is 9.97. The van der Waals surface area contributed by atoms with Crippen molar-refractivity contribution in [2.75, 3.05) is 26.3 Å². The fraction of sp³-hybridized carbons (Fsp3) is 0.857. The maximum Gasteiger partial charge on any atom is 0.309 e. The molecule has 1 aliphatic heterocycles. The summed E-state index contributed by atoms with van der Waals surface area (Å²) in [6, 6.07) is 0. The van der Waals surface area contributed by atoms with E-state index in [-0.39, 0.29) is 23.9 Å². The van der Waals surface area contributed by atoms with Crippen LogP contribution in [0.3, 0.4) is 0 Å². The van der Waals surface area contributed by atoms with Gasteiger partial charge in [-0.3, -0.25) is 9.59 Å². The van der Waals surface area contributed by atoms with Crippen LogP contribution in [0.25, 0.3) is 0 Å². The average Bonchev–Trinajstić information content (AvgIpc) is 2.38. The first-order valence-corrected chi connectivity index (χ1v) is 7.10. The zero-order chi connectivity index (χ0) is 14.3. The van der Waals surface area contributed by atoms with E-state index in [1.54, 1.807) is 0 Å². The van der Waals surface area contributed by atoms with E-state index in [1.165, 1.54) is 0 Å². The van der Waals surface area contributed by atoms with E-state index < -0.39 is 0 Å². The summed E-state index contributed by atoms with van der Waals surface area (Å²) >= 11 is 0. The van der Waals surface area contributed by atoms with E-state index in [9.17, 15) is 9.59 Å². The first-order chi connectivity index (χ1) is 9.04. The molecule has 19 heavy (non-hydrogen) atoms. The van der Waals surface area contributed by atoms with E-state index in [4.69, 9.17) is 9.47 Å². The Kier molecular flexibility index (Phi) is 6.84. The summed E-state index contributed by atoms with van der Waals surface area (Å²) in [6.45, 7) is 7.89. The molecule has 0 aromatic heterocycles. The Morgan fingerprint density at radius 2 is 1.89 bits per heavy atom. The topological polar surface area (TPSA) is 55.8 Å². The lowest BCUT2D eigenvalue weighted by Gasteiger charge is -2.31. The van der Waals surface area contributed by atoms with Crippen molar-refractivity contribution in [3.63, 3.8) is 0 Å². The summed E-state index contributed by atoms with van der Waals surface area (Å²) in [4.78, 5) is 25.3. The third kappa shape index (κ3) is 5.59. The molecule has 0 saturated carbocycles. The van der Waals surface area contributed by atoms with Crippen molar-refractivity contribution in [2.45, 2.75) is 46.1 Å². The molecule has 0 aliphatic carbocycles. The number of carbonyl (C=O) groups is 2. The van der Waals surface area contributed by atoms with Gasteiger partial charge < -0.3 is 14.4 Å². The summed E-state index contributed by atoms with van der Waals surface area (Å²) in [5.74, 6) is -0.0587. The van der Waals surface area contributed by atoms with Crippen molar-refractivity contribution in [2.24, 2.45) is 5.92 Å². The molecule has 0 radical (unpaired) electrons. The van der Waals surface area contributed by atoms with Crippen LogP contribution >= 0.6 is 0 Å². The summed E-state index contributed by atoms with van der Waals surface area (Å²) in [6.07, 6.45) is 1.98. The highest BCUT2D eigenvalue weighted by Crippen LogP contribution is 2.19. The second kappa shape index (κ2) is 8.15. The number of ether oxygens (including phenoxy) is 2. The van der Waals surface area contributed by atoms with Crippen molar-refractivity contribution in [3.05, 3.63) is 0 Å². The standard InChI is InChI=1S/C14H25NO4/c1-4-18-14(17)12-5-8-15(9-6-12)13(16)7-10-19-11(2)3/h11-12H,4-10H2,1-3H3. The minimum Gasteiger partial charge on any atom is -0.466 e. The van der Waals surface area contributed by atoms with Crippen LogP contribution < -0.4 is 0 Å². The molecule has 0 spiro atoms. The van der Waals surface area contributed by atoms with Crippen LogP contribution in [0.15, 0.2) is 0 Å². The summed E-state index contributed by atoms with van der Waals surface area (Å²) < 4.78 is 10.4. The molecule has 110 valence electrons. The summed E-state index contributed by atoms with van der Waals surface area (Å²) in [5, 5.41) is 0. The van der Waals surface area contributed by atoms with E-state index in [2.05, 4.69) is 0 Å². The molecule has 5 nitrogen and oxygen atoms in total. The molecule has 0 unspecified atom stereocenters. The number of carbonyl (C=O) groups excluding carboxylic acids is 2. The number of piperidine rings is 1. The molecular weight excluding hydrogens is 246 g/mol. The van der Waals surface area contributed by atoms with Crippen LogP contribution in [0.4, 0.5) is 0 Å². The highest BCUT2D eigenvalue weighted by atomic mass is 16.5. The molecule has 0 aromatic carbocycles. The van der Waals surface area contributed by atoms with Gasteiger partial charge in [0, 0.05) is 13.1 Å². The minimum atomic E-state index is -0.127. The maximum absolute atomic E-state index is 11.9. The highest BCUT2D eigenvalue weighted by Gasteiger charge is 2.27. The van der Waals surface area contributed by atoms with E-state index in [0.717, 1.165) is 0 Å². The number of esters is 1. The minimum absolute atomic E-state index is 0.0454. The van der Waals surface area contributed by atoms with Crippen molar-refractivity contribution >= 4 is 11.9 Å². The number of hydrogen-bond donors (Lipinski definition) is 0. The third-order valence-corrected chi connectivity index (χ3v) is 3.23. The molecule has 1 amide bonds. The molecule has 1 fully saturated rings. The van der Waals surface area contributed by atoms with Gasteiger partial charge in [-0.15, -0.1) is 0 Å². The quantitative estimate of drug-likeness (QED) is 0.689. The van der Waals surface area contributed by atoms with Gasteiger partial charge in [-0.05, 0) is 33.6 Å². The predicted molar refractivity (Wildman–Crippen MR) is 71.6 cm³/mol. The second-order valence-corrected chi connectivity index (χ2v) is 5.08. The number of likely N-dealkylation sites (tertiary alicyclic amines) is 1. The fourth-order valence-corrected chi connectivity index (χ4v) is 2.16. The molecule has 1 aliphatic rings. The summed E-state index contributed by atoms with van der Waals surface area (Å²) in [5.41, 5.74) is 0. The SMILES string of the molecule is CCOC(=O)C1CCN(C(=O)CCOC(C)C)CC1. The largest absolute Gasteiger partial charge is 0.466 e. The van der Waals surface area contributed by atoms with Crippen molar-refractivity contribution < 1.29 is 19.1 Å². The molecule has 1 saturated heterocycles. The molecule has 1 rings (SSSR count). The second-order valence-electron chi connectivity index (χ2n) is 5.08. The van der Waals surface area contributed by atoms with Gasteiger partial charge in [0.1, 0.15) is 0 Å². The first-order valence-electron chi connectivity index (χ1n) is 7.10. The Morgan fingerprint density at radius 1 is 1.26 bits per heavy atom. The van der Waals surface area contributed by atoms with Gasteiger partial charge in [0.15, 0.2) is 0 Å². The van der Waals surface area contributed by atoms with Gasteiger partial charge in [-0.2, -0.15) is 0 Å². The Bertz CT molecular complexity index is 296. The average molecular weight is 271 g/mol. The van der Waals surface area contributed by atoms with Crippen LogP contribution in [0.5, 0.6) is 0 Å². The normalized spacial score (nSPS) is 16.7. The van der Waals surface area contributed by atoms with E-state index in [0.29, 0.717) is 45.6 Å². The molecule has 0 aromatic rings. The molecule has 0 N–H and O–H groups in total. The zero-order valence-electron chi connectivity index (χ0n) is 12.2. The third-order valence-electron chi connectivity index (χ3n) is 3.23. The highest BCUT2D eigenvalue weighted by molar-refractivity contribution is 5.77. The Balaban J connectivity index is 2.25. The smallest absolute Gasteiger partial charge is 0.309 e.